The number of hydrogen-bond acceptors (Lipinski definition) is 5. The largest absolute Gasteiger partial charge is 0.399 e. The zero-order chi connectivity index (χ0) is 15.1. The van der Waals surface area contributed by atoms with Crippen molar-refractivity contribution in [3.63, 3.8) is 0 Å². The normalized spacial score (nSPS) is 11.6. The quantitative estimate of drug-likeness (QED) is 0.500. The lowest BCUT2D eigenvalue weighted by atomic mass is 10.3. The zero-order valence-electron chi connectivity index (χ0n) is 11.5. The van der Waals surface area contributed by atoms with Gasteiger partial charge in [0.15, 0.2) is 0 Å². The van der Waals surface area contributed by atoms with Crippen molar-refractivity contribution in [1.29, 1.82) is 0 Å². The molecule has 0 aliphatic rings. The number of rotatable bonds is 8. The molecular weight excluding hydrogens is 308 g/mol. The van der Waals surface area contributed by atoms with E-state index in [2.05, 4.69) is 14.7 Å². The van der Waals surface area contributed by atoms with Crippen LogP contribution in [0.15, 0.2) is 41.7 Å². The number of H-pyrrole nitrogens is 1. The lowest BCUT2D eigenvalue weighted by Gasteiger charge is -2.06. The molecule has 0 bridgehead atoms. The third kappa shape index (κ3) is 5.78. The minimum absolute atomic E-state index is 0.0883. The minimum atomic E-state index is -3.24. The van der Waals surface area contributed by atoms with Gasteiger partial charge in [0.1, 0.15) is 0 Å². The summed E-state index contributed by atoms with van der Waals surface area (Å²) in [5.74, 6) is 0.592. The van der Waals surface area contributed by atoms with E-state index in [9.17, 15) is 8.42 Å². The van der Waals surface area contributed by atoms with Crippen molar-refractivity contribution in [3.8, 4) is 0 Å². The zero-order valence-corrected chi connectivity index (χ0v) is 13.1. The fourth-order valence-corrected chi connectivity index (χ4v) is 4.00. The number of nitrogens with two attached hydrogens (primary N) is 1. The molecule has 2 rings (SSSR count). The average molecular weight is 326 g/mol. The molecule has 1 heterocycles. The topological polar surface area (TPSA) is 101 Å². The summed E-state index contributed by atoms with van der Waals surface area (Å²) in [5, 5.41) is 0. The third-order valence-corrected chi connectivity index (χ3v) is 5.43. The maximum absolute atomic E-state index is 11.8. The van der Waals surface area contributed by atoms with E-state index in [1.807, 2.05) is 12.1 Å². The van der Waals surface area contributed by atoms with Crippen LogP contribution >= 0.6 is 11.8 Å². The summed E-state index contributed by atoms with van der Waals surface area (Å²) in [6.45, 7) is 0.372. The smallest absolute Gasteiger partial charge is 0.212 e. The summed E-state index contributed by atoms with van der Waals surface area (Å²) in [4.78, 5) is 7.82. The molecule has 2 aromatic rings. The molecule has 0 spiro atoms. The Morgan fingerprint density at radius 1 is 1.29 bits per heavy atom. The van der Waals surface area contributed by atoms with Gasteiger partial charge in [-0.2, -0.15) is 0 Å². The first-order chi connectivity index (χ1) is 10.1. The van der Waals surface area contributed by atoms with Crippen LogP contribution in [0.2, 0.25) is 0 Å². The summed E-state index contributed by atoms with van der Waals surface area (Å²) in [7, 11) is -3.24. The number of aromatic nitrogens is 2. The minimum Gasteiger partial charge on any atom is -0.399 e. The van der Waals surface area contributed by atoms with E-state index in [0.717, 1.165) is 10.6 Å². The van der Waals surface area contributed by atoms with E-state index in [1.165, 1.54) is 11.8 Å². The molecule has 114 valence electrons. The Labute approximate surface area is 128 Å². The molecule has 6 nitrogen and oxygen atoms in total. The van der Waals surface area contributed by atoms with E-state index in [-0.39, 0.29) is 5.75 Å². The first-order valence-electron chi connectivity index (χ1n) is 6.48. The Hall–Kier alpha value is -1.51. The molecule has 4 N–H and O–H groups in total. The van der Waals surface area contributed by atoms with Crippen LogP contribution in [0, 0.1) is 0 Å². The number of sulfonamides is 1. The molecule has 8 heteroatoms. The Kier molecular flexibility index (Phi) is 5.66. The van der Waals surface area contributed by atoms with Gasteiger partial charge in [0.2, 0.25) is 10.0 Å². The van der Waals surface area contributed by atoms with Crippen LogP contribution in [0.4, 0.5) is 5.69 Å². The van der Waals surface area contributed by atoms with Crippen LogP contribution < -0.4 is 10.5 Å². The van der Waals surface area contributed by atoms with Gasteiger partial charge in [-0.3, -0.25) is 0 Å². The maximum Gasteiger partial charge on any atom is 0.212 e. The number of imidazole rings is 1. The number of aromatic amines is 1. The number of nitrogens with one attached hydrogen (secondary N) is 2. The fourth-order valence-electron chi connectivity index (χ4n) is 1.67. The van der Waals surface area contributed by atoms with Gasteiger partial charge < -0.3 is 10.7 Å². The van der Waals surface area contributed by atoms with Crippen molar-refractivity contribution in [3.05, 3.63) is 42.5 Å². The molecule has 21 heavy (non-hydrogen) atoms. The molecule has 0 amide bonds. The van der Waals surface area contributed by atoms with Crippen LogP contribution in [0.3, 0.4) is 0 Å². The molecule has 1 aromatic carbocycles. The predicted octanol–water partition coefficient (Wildman–Crippen LogP) is 1.25. The number of hydrogen-bond donors (Lipinski definition) is 3. The third-order valence-electron chi connectivity index (χ3n) is 2.77. The lowest BCUT2D eigenvalue weighted by Crippen LogP contribution is -2.29. The lowest BCUT2D eigenvalue weighted by molar-refractivity contribution is 0.583. The molecule has 0 aliphatic carbocycles. The van der Waals surface area contributed by atoms with Crippen LogP contribution in [0.5, 0.6) is 0 Å². The second-order valence-corrected chi connectivity index (χ2v) is 7.55. The number of nitrogen functional groups attached to an aromatic ring is 1. The summed E-state index contributed by atoms with van der Waals surface area (Å²) in [6, 6.07) is 7.38. The molecule has 0 unspecified atom stereocenters. The second kappa shape index (κ2) is 7.48. The van der Waals surface area contributed by atoms with Gasteiger partial charge in [-0.1, -0.05) is 0 Å². The highest BCUT2D eigenvalue weighted by Crippen LogP contribution is 2.19. The Morgan fingerprint density at radius 3 is 2.71 bits per heavy atom. The highest BCUT2D eigenvalue weighted by Gasteiger charge is 2.09. The standard InChI is InChI=1S/C13H18N4O2S2/c14-11-1-3-13(4-2-11)20-7-8-21(18,19)17-6-5-12-9-15-10-16-12/h1-4,9-10,17H,5-8,14H2,(H,15,16). The van der Waals surface area contributed by atoms with E-state index in [0.29, 0.717) is 24.4 Å². The van der Waals surface area contributed by atoms with Crippen LogP contribution in [-0.2, 0) is 16.4 Å². The molecule has 0 saturated carbocycles. The highest BCUT2D eigenvalue weighted by molar-refractivity contribution is 8.00. The van der Waals surface area contributed by atoms with E-state index < -0.39 is 10.0 Å². The molecule has 1 aromatic heterocycles. The SMILES string of the molecule is Nc1ccc(SCCS(=O)(=O)NCCc2cnc[nH]2)cc1. The van der Waals surface area contributed by atoms with Crippen molar-refractivity contribution in [1.82, 2.24) is 14.7 Å². The van der Waals surface area contributed by atoms with E-state index in [4.69, 9.17) is 5.73 Å². The molecular formula is C13H18N4O2S2. The monoisotopic (exact) mass is 326 g/mol. The molecule has 0 fully saturated rings. The van der Waals surface area contributed by atoms with Crippen LogP contribution in [0.25, 0.3) is 0 Å². The van der Waals surface area contributed by atoms with Crippen molar-refractivity contribution in [2.75, 3.05) is 23.8 Å². The van der Waals surface area contributed by atoms with Gasteiger partial charge >= 0.3 is 0 Å². The van der Waals surface area contributed by atoms with E-state index in [1.54, 1.807) is 24.7 Å². The van der Waals surface area contributed by atoms with Crippen molar-refractivity contribution >= 4 is 27.5 Å². The number of nitrogens with zero attached hydrogens (tertiary/aromatic N) is 1. The fraction of sp³-hybridized carbons (Fsp3) is 0.308. The van der Waals surface area contributed by atoms with Crippen LogP contribution in [0.1, 0.15) is 5.69 Å². The molecule has 0 aliphatic heterocycles. The number of anilines is 1. The molecule has 0 saturated heterocycles. The number of thioether (sulfide) groups is 1. The van der Waals surface area contributed by atoms with Crippen molar-refractivity contribution < 1.29 is 8.42 Å². The van der Waals surface area contributed by atoms with Crippen LogP contribution in [-0.4, -0.2) is 36.4 Å². The second-order valence-electron chi connectivity index (χ2n) is 4.46. The first-order valence-corrected chi connectivity index (χ1v) is 9.12. The average Bonchev–Trinajstić information content (AvgIpc) is 2.94. The summed E-state index contributed by atoms with van der Waals surface area (Å²) < 4.78 is 26.2. The summed E-state index contributed by atoms with van der Waals surface area (Å²) in [6.07, 6.45) is 3.86. The Bertz CT molecular complexity index is 639. The van der Waals surface area contributed by atoms with Gasteiger partial charge in [-0.25, -0.2) is 18.1 Å². The first kappa shape index (κ1) is 15.9. The Morgan fingerprint density at radius 2 is 2.05 bits per heavy atom. The summed E-state index contributed by atoms with van der Waals surface area (Å²) >= 11 is 1.50. The van der Waals surface area contributed by atoms with Gasteiger partial charge in [-0.15, -0.1) is 11.8 Å². The van der Waals surface area contributed by atoms with E-state index >= 15 is 0 Å². The van der Waals surface area contributed by atoms with Crippen molar-refractivity contribution in [2.45, 2.75) is 11.3 Å². The van der Waals surface area contributed by atoms with Gasteiger partial charge in [0.05, 0.1) is 12.1 Å². The van der Waals surface area contributed by atoms with Gasteiger partial charge in [-0.05, 0) is 24.3 Å². The van der Waals surface area contributed by atoms with Gasteiger partial charge in [0.25, 0.3) is 0 Å². The Balaban J connectivity index is 1.69. The number of benzene rings is 1. The van der Waals surface area contributed by atoms with Crippen molar-refractivity contribution in [2.24, 2.45) is 0 Å². The highest BCUT2D eigenvalue weighted by atomic mass is 32.2. The summed E-state index contributed by atoms with van der Waals surface area (Å²) in [5.41, 5.74) is 7.21. The molecule has 0 radical (unpaired) electrons. The molecule has 0 atom stereocenters. The maximum atomic E-state index is 11.8. The predicted molar refractivity (Wildman–Crippen MR) is 85.7 cm³/mol. The van der Waals surface area contributed by atoms with Gasteiger partial charge in [0, 0.05) is 41.2 Å².